The number of ether oxygens (including phenoxy) is 1. The van der Waals surface area contributed by atoms with E-state index < -0.39 is 47.1 Å². The van der Waals surface area contributed by atoms with E-state index in [1.165, 1.54) is 6.07 Å². The van der Waals surface area contributed by atoms with Crippen LogP contribution in [0.25, 0.3) is 0 Å². The number of aromatic hydroxyl groups is 1. The minimum absolute atomic E-state index is 0.0735. The molecule has 0 saturated carbocycles. The number of hydrogen-bond acceptors (Lipinski definition) is 5. The van der Waals surface area contributed by atoms with Crippen molar-refractivity contribution in [3.8, 4) is 5.75 Å². The largest absolute Gasteiger partial charge is 0.507 e. The molecule has 0 heterocycles. The van der Waals surface area contributed by atoms with Gasteiger partial charge >= 0.3 is 12.1 Å². The molecule has 6 nitrogen and oxygen atoms in total. The summed E-state index contributed by atoms with van der Waals surface area (Å²) in [7, 11) is 1.06. The smallest absolute Gasteiger partial charge is 0.416 e. The van der Waals surface area contributed by atoms with Crippen molar-refractivity contribution in [2.75, 3.05) is 12.4 Å². The second-order valence-corrected chi connectivity index (χ2v) is 5.99. The van der Waals surface area contributed by atoms with Gasteiger partial charge in [0.25, 0.3) is 0 Å². The molecule has 0 saturated heterocycles. The Morgan fingerprint density at radius 1 is 1.11 bits per heavy atom. The molecule has 0 aromatic heterocycles. The number of rotatable bonds is 5. The van der Waals surface area contributed by atoms with Crippen molar-refractivity contribution in [2.24, 2.45) is 0 Å². The van der Waals surface area contributed by atoms with Crippen LogP contribution in [0.3, 0.4) is 0 Å². The van der Waals surface area contributed by atoms with E-state index in [1.807, 2.05) is 0 Å². The highest BCUT2D eigenvalue weighted by Crippen LogP contribution is 2.34. The number of esters is 1. The van der Waals surface area contributed by atoms with Crippen LogP contribution in [0.4, 0.5) is 18.9 Å². The summed E-state index contributed by atoms with van der Waals surface area (Å²) in [6.45, 7) is 0. The lowest BCUT2D eigenvalue weighted by Crippen LogP contribution is -2.20. The minimum atomic E-state index is -4.75. The molecule has 0 aliphatic carbocycles. The number of amides is 1. The van der Waals surface area contributed by atoms with Crippen LogP contribution in [-0.2, 0) is 20.5 Å². The van der Waals surface area contributed by atoms with Gasteiger partial charge in [0.2, 0.25) is 5.91 Å². The Hall–Kier alpha value is -3.07. The van der Waals surface area contributed by atoms with Crippen molar-refractivity contribution < 1.29 is 37.4 Å². The number of alkyl halides is 3. The first-order valence-electron chi connectivity index (χ1n) is 7.64. The summed E-state index contributed by atoms with van der Waals surface area (Å²) in [5.41, 5.74) is -2.30. The van der Waals surface area contributed by atoms with Gasteiger partial charge in [-0.15, -0.1) is 0 Å². The first-order valence-corrected chi connectivity index (χ1v) is 8.02. The number of carbonyl (C=O) groups excluding carboxylic acids is 3. The standard InChI is InChI=1S/C18H13ClF3NO5/c1-28-16(26)8-15(25)23-13-4-2-9(18(20,21)22)6-11(13)17(27)12-7-10(19)3-5-14(12)24/h2-7,24H,8H2,1H3,(H,23,25). The van der Waals surface area contributed by atoms with Gasteiger partial charge in [-0.2, -0.15) is 13.2 Å². The average molecular weight is 416 g/mol. The first kappa shape index (κ1) is 21.2. The van der Waals surface area contributed by atoms with Gasteiger partial charge in [0.15, 0.2) is 5.78 Å². The molecular formula is C18H13ClF3NO5. The molecule has 0 bridgehead atoms. The lowest BCUT2D eigenvalue weighted by Gasteiger charge is -2.14. The average Bonchev–Trinajstić information content (AvgIpc) is 2.62. The van der Waals surface area contributed by atoms with Crippen LogP contribution in [-0.4, -0.2) is 29.9 Å². The molecule has 2 N–H and O–H groups in total. The molecule has 0 radical (unpaired) electrons. The Kier molecular flexibility index (Phi) is 6.30. The normalized spacial score (nSPS) is 11.0. The van der Waals surface area contributed by atoms with E-state index in [-0.39, 0.29) is 16.3 Å². The van der Waals surface area contributed by atoms with E-state index in [4.69, 9.17) is 11.6 Å². The fourth-order valence-corrected chi connectivity index (χ4v) is 2.42. The Bertz CT molecular complexity index is 943. The number of halogens is 4. The first-order chi connectivity index (χ1) is 13.0. The number of methoxy groups -OCH3 is 1. The molecule has 148 valence electrons. The van der Waals surface area contributed by atoms with Gasteiger partial charge in [-0.05, 0) is 36.4 Å². The Morgan fingerprint density at radius 2 is 1.79 bits per heavy atom. The Labute approximate surface area is 161 Å². The van der Waals surface area contributed by atoms with Gasteiger partial charge in [-0.1, -0.05) is 11.6 Å². The SMILES string of the molecule is COC(=O)CC(=O)Nc1ccc(C(F)(F)F)cc1C(=O)c1cc(Cl)ccc1O. The Balaban J connectivity index is 2.51. The molecular weight excluding hydrogens is 403 g/mol. The molecule has 2 aromatic rings. The predicted octanol–water partition coefficient (Wildman–Crippen LogP) is 3.80. The van der Waals surface area contributed by atoms with Crippen LogP contribution in [0.2, 0.25) is 5.02 Å². The maximum atomic E-state index is 13.1. The summed E-state index contributed by atoms with van der Waals surface area (Å²) in [4.78, 5) is 35.8. The molecule has 2 aromatic carbocycles. The summed E-state index contributed by atoms with van der Waals surface area (Å²) in [5, 5.41) is 12.1. The number of hydrogen-bond donors (Lipinski definition) is 2. The van der Waals surface area contributed by atoms with Crippen LogP contribution >= 0.6 is 11.6 Å². The van der Waals surface area contributed by atoms with E-state index in [0.29, 0.717) is 12.1 Å². The molecule has 0 atom stereocenters. The summed E-state index contributed by atoms with van der Waals surface area (Å²) >= 11 is 5.79. The van der Waals surface area contributed by atoms with Crippen molar-refractivity contribution >= 4 is 34.9 Å². The van der Waals surface area contributed by atoms with Gasteiger partial charge in [0, 0.05) is 10.6 Å². The monoisotopic (exact) mass is 415 g/mol. The summed E-state index contributed by atoms with van der Waals surface area (Å²) in [6.07, 6.45) is -5.45. The third kappa shape index (κ3) is 5.01. The lowest BCUT2D eigenvalue weighted by molar-refractivity contribution is -0.143. The van der Waals surface area contributed by atoms with Gasteiger partial charge in [0.05, 0.1) is 23.9 Å². The number of anilines is 1. The minimum Gasteiger partial charge on any atom is -0.507 e. The number of phenolic OH excluding ortho intramolecular Hbond substituents is 1. The number of benzene rings is 2. The zero-order valence-electron chi connectivity index (χ0n) is 14.3. The third-order valence-corrected chi connectivity index (χ3v) is 3.84. The van der Waals surface area contributed by atoms with Crippen LogP contribution in [0, 0.1) is 0 Å². The third-order valence-electron chi connectivity index (χ3n) is 3.60. The van der Waals surface area contributed by atoms with E-state index in [2.05, 4.69) is 10.1 Å². The van der Waals surface area contributed by atoms with Crippen molar-refractivity contribution in [1.82, 2.24) is 0 Å². The van der Waals surface area contributed by atoms with Crippen molar-refractivity contribution in [3.05, 3.63) is 58.1 Å². The van der Waals surface area contributed by atoms with E-state index in [0.717, 1.165) is 25.3 Å². The van der Waals surface area contributed by atoms with Gasteiger partial charge in [0.1, 0.15) is 12.2 Å². The quantitative estimate of drug-likeness (QED) is 0.440. The number of carbonyl (C=O) groups is 3. The summed E-state index contributed by atoms with van der Waals surface area (Å²) in [5.74, 6) is -3.26. The van der Waals surface area contributed by atoms with Gasteiger partial charge in [-0.25, -0.2) is 0 Å². The molecule has 0 unspecified atom stereocenters. The molecule has 2 rings (SSSR count). The number of nitrogens with one attached hydrogen (secondary N) is 1. The molecule has 0 spiro atoms. The summed E-state index contributed by atoms with van der Waals surface area (Å²) in [6, 6.07) is 5.57. The molecule has 0 fully saturated rings. The molecule has 0 aliphatic heterocycles. The van der Waals surface area contributed by atoms with Gasteiger partial charge < -0.3 is 15.2 Å². The van der Waals surface area contributed by atoms with E-state index in [1.54, 1.807) is 0 Å². The molecule has 1 amide bonds. The maximum Gasteiger partial charge on any atom is 0.416 e. The van der Waals surface area contributed by atoms with E-state index in [9.17, 15) is 32.7 Å². The number of ketones is 1. The van der Waals surface area contributed by atoms with Crippen LogP contribution in [0.5, 0.6) is 5.75 Å². The molecule has 28 heavy (non-hydrogen) atoms. The van der Waals surface area contributed by atoms with Crippen LogP contribution in [0.15, 0.2) is 36.4 Å². The lowest BCUT2D eigenvalue weighted by atomic mass is 9.98. The second-order valence-electron chi connectivity index (χ2n) is 5.55. The fraction of sp³-hybridized carbons (Fsp3) is 0.167. The van der Waals surface area contributed by atoms with Crippen LogP contribution in [0.1, 0.15) is 27.9 Å². The maximum absolute atomic E-state index is 13.1. The number of phenols is 1. The highest BCUT2D eigenvalue weighted by atomic mass is 35.5. The highest BCUT2D eigenvalue weighted by molar-refractivity contribution is 6.31. The van der Waals surface area contributed by atoms with Crippen molar-refractivity contribution in [3.63, 3.8) is 0 Å². The molecule has 10 heteroatoms. The van der Waals surface area contributed by atoms with E-state index >= 15 is 0 Å². The zero-order valence-corrected chi connectivity index (χ0v) is 15.0. The Morgan fingerprint density at radius 3 is 2.39 bits per heavy atom. The predicted molar refractivity (Wildman–Crippen MR) is 93.3 cm³/mol. The second kappa shape index (κ2) is 8.30. The van der Waals surface area contributed by atoms with Gasteiger partial charge in [-0.3, -0.25) is 14.4 Å². The molecule has 0 aliphatic rings. The summed E-state index contributed by atoms with van der Waals surface area (Å²) < 4.78 is 43.5. The topological polar surface area (TPSA) is 92.7 Å². The zero-order chi connectivity index (χ0) is 21.1. The highest BCUT2D eigenvalue weighted by Gasteiger charge is 2.32. The van der Waals surface area contributed by atoms with Crippen molar-refractivity contribution in [1.29, 1.82) is 0 Å². The van der Waals surface area contributed by atoms with Crippen LogP contribution < -0.4 is 5.32 Å². The fourth-order valence-electron chi connectivity index (χ4n) is 2.25. The van der Waals surface area contributed by atoms with Crippen molar-refractivity contribution in [2.45, 2.75) is 12.6 Å².